The Kier molecular flexibility index (Phi) is 6.13. The summed E-state index contributed by atoms with van der Waals surface area (Å²) < 4.78 is 9.63. The van der Waals surface area contributed by atoms with Crippen molar-refractivity contribution in [3.63, 3.8) is 0 Å². The lowest BCUT2D eigenvalue weighted by Crippen LogP contribution is -2.36. The van der Waals surface area contributed by atoms with Gasteiger partial charge in [-0.2, -0.15) is 0 Å². The van der Waals surface area contributed by atoms with Crippen LogP contribution in [0.25, 0.3) is 0 Å². The summed E-state index contributed by atoms with van der Waals surface area (Å²) in [6.07, 6.45) is 0.530. The van der Waals surface area contributed by atoms with Crippen LogP contribution < -0.4 is 5.32 Å². The molecule has 1 aromatic rings. The molecule has 0 spiro atoms. The topological polar surface area (TPSA) is 81.7 Å². The Morgan fingerprint density at radius 1 is 1.24 bits per heavy atom. The number of carbonyl (C=O) groups is 3. The number of rotatable bonds is 6. The molecule has 1 amide bonds. The molecule has 21 heavy (non-hydrogen) atoms. The fourth-order valence-electron chi connectivity index (χ4n) is 1.54. The molecule has 0 bridgehead atoms. The number of carbonyl (C=O) groups excluding carboxylic acids is 3. The largest absolute Gasteiger partial charge is 0.465 e. The molecule has 1 atom stereocenters. The van der Waals surface area contributed by atoms with Crippen LogP contribution >= 0.6 is 0 Å². The summed E-state index contributed by atoms with van der Waals surface area (Å²) in [5.41, 5.74) is 0.136. The molecule has 0 radical (unpaired) electrons. The summed E-state index contributed by atoms with van der Waals surface area (Å²) in [6, 6.07) is 6.07. The van der Waals surface area contributed by atoms with Crippen LogP contribution in [-0.2, 0) is 14.3 Å². The summed E-state index contributed by atoms with van der Waals surface area (Å²) in [6.45, 7) is 5.19. The van der Waals surface area contributed by atoms with Crippen LogP contribution in [0.3, 0.4) is 0 Å². The third-order valence-corrected chi connectivity index (χ3v) is 2.63. The molecule has 0 fully saturated rings. The number of hydrogen-bond donors (Lipinski definition) is 1. The minimum Gasteiger partial charge on any atom is -0.465 e. The lowest BCUT2D eigenvalue weighted by atomic mass is 10.1. The molecule has 0 aromatic heterocycles. The molecule has 0 aliphatic heterocycles. The van der Waals surface area contributed by atoms with Gasteiger partial charge in [0.25, 0.3) is 5.91 Å². The molecule has 0 saturated heterocycles. The molecule has 112 valence electrons. The van der Waals surface area contributed by atoms with E-state index in [1.807, 2.05) is 0 Å². The Hall–Kier alpha value is -2.63. The summed E-state index contributed by atoms with van der Waals surface area (Å²) in [7, 11) is 1.22. The molecular formula is C15H17NO5. The predicted molar refractivity (Wildman–Crippen MR) is 75.9 cm³/mol. The average molecular weight is 291 g/mol. The van der Waals surface area contributed by atoms with Gasteiger partial charge in [-0.3, -0.25) is 4.79 Å². The number of methoxy groups -OCH3 is 1. The number of nitrogens with one attached hydrogen (secondary N) is 1. The molecule has 1 rings (SSSR count). The van der Waals surface area contributed by atoms with Crippen molar-refractivity contribution >= 4 is 17.8 Å². The van der Waals surface area contributed by atoms with Crippen molar-refractivity contribution in [2.75, 3.05) is 13.7 Å². The molecular weight excluding hydrogens is 274 g/mol. The van der Waals surface area contributed by atoms with E-state index in [4.69, 9.17) is 4.74 Å². The quantitative estimate of drug-likeness (QED) is 0.631. The van der Waals surface area contributed by atoms with Gasteiger partial charge in [-0.15, -0.1) is 6.58 Å². The highest BCUT2D eigenvalue weighted by molar-refractivity contribution is 6.03. The smallest absolute Gasteiger partial charge is 0.339 e. The molecule has 6 heteroatoms. The lowest BCUT2D eigenvalue weighted by molar-refractivity contribution is -0.128. The molecule has 0 heterocycles. The zero-order valence-electron chi connectivity index (χ0n) is 11.9. The fraction of sp³-hybridized carbons (Fsp3) is 0.267. The van der Waals surface area contributed by atoms with Crippen molar-refractivity contribution in [2.45, 2.75) is 13.0 Å². The van der Waals surface area contributed by atoms with Gasteiger partial charge in [-0.25, -0.2) is 9.59 Å². The van der Waals surface area contributed by atoms with Gasteiger partial charge in [-0.1, -0.05) is 18.2 Å². The highest BCUT2D eigenvalue weighted by Crippen LogP contribution is 2.12. The van der Waals surface area contributed by atoms with E-state index in [9.17, 15) is 14.4 Å². The van der Waals surface area contributed by atoms with Crippen molar-refractivity contribution in [1.29, 1.82) is 0 Å². The van der Waals surface area contributed by atoms with E-state index < -0.39 is 23.9 Å². The van der Waals surface area contributed by atoms with Crippen molar-refractivity contribution in [3.05, 3.63) is 48.0 Å². The van der Waals surface area contributed by atoms with Crippen molar-refractivity contribution in [3.8, 4) is 0 Å². The number of hydrogen-bond acceptors (Lipinski definition) is 5. The van der Waals surface area contributed by atoms with Crippen LogP contribution in [0, 0.1) is 0 Å². The van der Waals surface area contributed by atoms with E-state index in [1.165, 1.54) is 32.2 Å². The zero-order valence-corrected chi connectivity index (χ0v) is 11.9. The number of benzene rings is 1. The summed E-state index contributed by atoms with van der Waals surface area (Å²) in [4.78, 5) is 35.2. The highest BCUT2D eigenvalue weighted by Gasteiger charge is 2.22. The van der Waals surface area contributed by atoms with Gasteiger partial charge in [0.05, 0.1) is 18.2 Å². The Morgan fingerprint density at radius 2 is 1.81 bits per heavy atom. The van der Waals surface area contributed by atoms with E-state index in [2.05, 4.69) is 16.6 Å². The van der Waals surface area contributed by atoms with Gasteiger partial charge >= 0.3 is 11.9 Å². The second-order valence-corrected chi connectivity index (χ2v) is 4.12. The van der Waals surface area contributed by atoms with Crippen LogP contribution in [0.2, 0.25) is 0 Å². The molecule has 0 aliphatic carbocycles. The van der Waals surface area contributed by atoms with Gasteiger partial charge in [-0.05, 0) is 19.1 Å². The molecule has 6 nitrogen and oxygen atoms in total. The van der Waals surface area contributed by atoms with Crippen LogP contribution in [0.4, 0.5) is 0 Å². The summed E-state index contributed by atoms with van der Waals surface area (Å²) in [5, 5.41) is 2.51. The number of amides is 1. The molecule has 0 aliphatic rings. The van der Waals surface area contributed by atoms with Gasteiger partial charge < -0.3 is 14.8 Å². The summed E-state index contributed by atoms with van der Waals surface area (Å²) >= 11 is 0. The van der Waals surface area contributed by atoms with Gasteiger partial charge in [0.15, 0.2) is 6.10 Å². The van der Waals surface area contributed by atoms with E-state index >= 15 is 0 Å². The molecule has 1 aromatic carbocycles. The van der Waals surface area contributed by atoms with Crippen LogP contribution in [0.5, 0.6) is 0 Å². The molecule has 0 saturated carbocycles. The van der Waals surface area contributed by atoms with E-state index in [-0.39, 0.29) is 17.7 Å². The maximum absolute atomic E-state index is 12.0. The first-order valence-electron chi connectivity index (χ1n) is 6.28. The minimum atomic E-state index is -0.983. The first-order valence-corrected chi connectivity index (χ1v) is 6.28. The molecule has 1 unspecified atom stereocenters. The Bertz CT molecular complexity index is 553. The second-order valence-electron chi connectivity index (χ2n) is 4.12. The SMILES string of the molecule is C=CCNC(=O)C(C)OC(=O)c1ccccc1C(=O)OC. The first kappa shape index (κ1) is 16.4. The maximum atomic E-state index is 12.0. The van der Waals surface area contributed by atoms with E-state index in [0.717, 1.165) is 0 Å². The Labute approximate surface area is 122 Å². The van der Waals surface area contributed by atoms with E-state index in [1.54, 1.807) is 12.1 Å². The monoisotopic (exact) mass is 291 g/mol. The van der Waals surface area contributed by atoms with Crippen LogP contribution in [0.15, 0.2) is 36.9 Å². The maximum Gasteiger partial charge on any atom is 0.339 e. The first-order chi connectivity index (χ1) is 10.0. The lowest BCUT2D eigenvalue weighted by Gasteiger charge is -2.14. The van der Waals surface area contributed by atoms with Gasteiger partial charge in [0.1, 0.15) is 0 Å². The second kappa shape index (κ2) is 7.84. The Morgan fingerprint density at radius 3 is 2.33 bits per heavy atom. The standard InChI is InChI=1S/C15H17NO5/c1-4-9-16-13(17)10(2)21-15(19)12-8-6-5-7-11(12)14(18)20-3/h4-8,10H,1,9H2,2-3H3,(H,16,17). The number of esters is 2. The Balaban J connectivity index is 2.83. The third kappa shape index (κ3) is 4.45. The van der Waals surface area contributed by atoms with Crippen molar-refractivity contribution in [1.82, 2.24) is 5.32 Å². The predicted octanol–water partition coefficient (Wildman–Crippen LogP) is 1.32. The summed E-state index contributed by atoms with van der Waals surface area (Å²) in [5.74, 6) is -1.86. The fourth-order valence-corrected chi connectivity index (χ4v) is 1.54. The average Bonchev–Trinajstić information content (AvgIpc) is 2.51. The van der Waals surface area contributed by atoms with Gasteiger partial charge in [0, 0.05) is 6.54 Å². The minimum absolute atomic E-state index is 0.0488. The zero-order chi connectivity index (χ0) is 15.8. The van der Waals surface area contributed by atoms with E-state index in [0.29, 0.717) is 0 Å². The highest BCUT2D eigenvalue weighted by atomic mass is 16.5. The molecule has 1 N–H and O–H groups in total. The van der Waals surface area contributed by atoms with Gasteiger partial charge in [0.2, 0.25) is 0 Å². The van der Waals surface area contributed by atoms with Crippen LogP contribution in [-0.4, -0.2) is 37.6 Å². The van der Waals surface area contributed by atoms with Crippen molar-refractivity contribution in [2.24, 2.45) is 0 Å². The van der Waals surface area contributed by atoms with Crippen molar-refractivity contribution < 1.29 is 23.9 Å². The van der Waals surface area contributed by atoms with Crippen LogP contribution in [0.1, 0.15) is 27.6 Å². The third-order valence-electron chi connectivity index (χ3n) is 2.63. The normalized spacial score (nSPS) is 11.1. The number of ether oxygens (including phenoxy) is 2.